The van der Waals surface area contributed by atoms with Crippen molar-refractivity contribution in [3.63, 3.8) is 0 Å². The maximum absolute atomic E-state index is 5.33. The van der Waals surface area contributed by atoms with Crippen LogP contribution in [0.5, 0.6) is 0 Å². The molecule has 0 spiro atoms. The van der Waals surface area contributed by atoms with Crippen molar-refractivity contribution < 1.29 is 4.74 Å². The molecular formula is C13H28N2O. The second-order valence-corrected chi connectivity index (χ2v) is 5.11. The Hall–Kier alpha value is -0.120. The second kappa shape index (κ2) is 8.97. The summed E-state index contributed by atoms with van der Waals surface area (Å²) in [6.07, 6.45) is 4.00. The first-order chi connectivity index (χ1) is 7.79. The third kappa shape index (κ3) is 7.20. The molecule has 1 aliphatic rings. The summed E-state index contributed by atoms with van der Waals surface area (Å²) >= 11 is 0. The lowest BCUT2D eigenvalue weighted by Crippen LogP contribution is -2.36. The third-order valence-electron chi connectivity index (χ3n) is 2.98. The van der Waals surface area contributed by atoms with Gasteiger partial charge in [0.2, 0.25) is 0 Å². The maximum atomic E-state index is 5.33. The van der Waals surface area contributed by atoms with Crippen molar-refractivity contribution in [2.24, 2.45) is 5.92 Å². The minimum Gasteiger partial charge on any atom is -0.379 e. The molecule has 1 N–H and O–H groups in total. The molecular weight excluding hydrogens is 200 g/mol. The molecule has 1 rings (SSSR count). The number of hydrogen-bond acceptors (Lipinski definition) is 3. The molecule has 1 fully saturated rings. The van der Waals surface area contributed by atoms with E-state index in [0.29, 0.717) is 0 Å². The Kier molecular flexibility index (Phi) is 7.81. The number of nitrogens with one attached hydrogen (secondary N) is 1. The Morgan fingerprint density at radius 3 is 2.56 bits per heavy atom. The fraction of sp³-hybridized carbons (Fsp3) is 1.00. The molecule has 16 heavy (non-hydrogen) atoms. The van der Waals surface area contributed by atoms with E-state index in [-0.39, 0.29) is 0 Å². The lowest BCUT2D eigenvalue weighted by Gasteiger charge is -2.26. The minimum absolute atomic E-state index is 0.772. The first-order valence-corrected chi connectivity index (χ1v) is 6.80. The van der Waals surface area contributed by atoms with Gasteiger partial charge in [-0.2, -0.15) is 0 Å². The highest BCUT2D eigenvalue weighted by Gasteiger charge is 2.08. The van der Waals surface area contributed by atoms with Gasteiger partial charge in [0, 0.05) is 13.1 Å². The summed E-state index contributed by atoms with van der Waals surface area (Å²) in [6, 6.07) is 0. The van der Waals surface area contributed by atoms with Gasteiger partial charge in [0.25, 0.3) is 0 Å². The number of nitrogens with zero attached hydrogens (tertiary/aromatic N) is 1. The van der Waals surface area contributed by atoms with Gasteiger partial charge in [0.15, 0.2) is 0 Å². The van der Waals surface area contributed by atoms with Crippen LogP contribution in [0.2, 0.25) is 0 Å². The van der Waals surface area contributed by atoms with E-state index in [0.717, 1.165) is 38.8 Å². The zero-order valence-corrected chi connectivity index (χ0v) is 11.0. The number of hydrogen-bond donors (Lipinski definition) is 1. The van der Waals surface area contributed by atoms with Gasteiger partial charge in [0.1, 0.15) is 0 Å². The Morgan fingerprint density at radius 2 is 1.88 bits per heavy atom. The van der Waals surface area contributed by atoms with E-state index in [4.69, 9.17) is 4.74 Å². The Balaban J connectivity index is 1.80. The highest BCUT2D eigenvalue weighted by Crippen LogP contribution is 2.01. The maximum Gasteiger partial charge on any atom is 0.0594 e. The van der Waals surface area contributed by atoms with Gasteiger partial charge < -0.3 is 10.1 Å². The molecule has 0 radical (unpaired) electrons. The summed E-state index contributed by atoms with van der Waals surface area (Å²) < 4.78 is 5.33. The zero-order chi connectivity index (χ0) is 11.6. The van der Waals surface area contributed by atoms with Gasteiger partial charge in [-0.3, -0.25) is 4.90 Å². The third-order valence-corrected chi connectivity index (χ3v) is 2.98. The summed E-state index contributed by atoms with van der Waals surface area (Å²) in [5, 5.41) is 3.49. The zero-order valence-electron chi connectivity index (χ0n) is 11.0. The molecule has 0 unspecified atom stereocenters. The van der Waals surface area contributed by atoms with Crippen LogP contribution in [-0.2, 0) is 4.74 Å². The average molecular weight is 228 g/mol. The summed E-state index contributed by atoms with van der Waals surface area (Å²) in [5.74, 6) is 0.772. The second-order valence-electron chi connectivity index (χ2n) is 5.11. The van der Waals surface area contributed by atoms with Crippen LogP contribution in [-0.4, -0.2) is 50.8 Å². The molecule has 1 heterocycles. The highest BCUT2D eigenvalue weighted by molar-refractivity contribution is 4.62. The molecule has 0 aromatic rings. The van der Waals surface area contributed by atoms with Crippen molar-refractivity contribution in [3.8, 4) is 0 Å². The predicted molar refractivity (Wildman–Crippen MR) is 68.8 cm³/mol. The van der Waals surface area contributed by atoms with Crippen LogP contribution in [0.15, 0.2) is 0 Å². The average Bonchev–Trinajstić information content (AvgIpc) is 2.29. The Bertz CT molecular complexity index is 156. The van der Waals surface area contributed by atoms with Crippen molar-refractivity contribution in [2.75, 3.05) is 45.9 Å². The molecule has 0 amide bonds. The fourth-order valence-electron chi connectivity index (χ4n) is 1.98. The molecule has 0 bridgehead atoms. The fourth-order valence-corrected chi connectivity index (χ4v) is 1.98. The molecule has 1 saturated heterocycles. The normalized spacial score (nSPS) is 18.2. The van der Waals surface area contributed by atoms with Crippen LogP contribution in [0.1, 0.15) is 33.1 Å². The lowest BCUT2D eigenvalue weighted by molar-refractivity contribution is 0.0371. The van der Waals surface area contributed by atoms with E-state index in [2.05, 4.69) is 24.1 Å². The van der Waals surface area contributed by atoms with Crippen LogP contribution < -0.4 is 5.32 Å². The molecule has 0 aromatic heterocycles. The van der Waals surface area contributed by atoms with Crippen molar-refractivity contribution >= 4 is 0 Å². The van der Waals surface area contributed by atoms with Crippen LogP contribution in [0.4, 0.5) is 0 Å². The van der Waals surface area contributed by atoms with Gasteiger partial charge >= 0.3 is 0 Å². The molecule has 0 aromatic carbocycles. The summed E-state index contributed by atoms with van der Waals surface area (Å²) in [7, 11) is 0. The Labute approximate surface area is 101 Å². The van der Waals surface area contributed by atoms with E-state index < -0.39 is 0 Å². The van der Waals surface area contributed by atoms with E-state index >= 15 is 0 Å². The largest absolute Gasteiger partial charge is 0.379 e. The van der Waals surface area contributed by atoms with E-state index in [1.807, 2.05) is 0 Å². The standard InChI is InChI=1S/C13H28N2O/c1-13(2)12-14-6-4-3-5-7-15-8-10-16-11-9-15/h13-14H,3-12H2,1-2H3. The van der Waals surface area contributed by atoms with Crippen molar-refractivity contribution in [2.45, 2.75) is 33.1 Å². The number of morpholine rings is 1. The molecule has 96 valence electrons. The molecule has 0 saturated carbocycles. The predicted octanol–water partition coefficient (Wildman–Crippen LogP) is 1.73. The minimum atomic E-state index is 0.772. The van der Waals surface area contributed by atoms with Crippen LogP contribution in [0, 0.1) is 5.92 Å². The number of ether oxygens (including phenoxy) is 1. The lowest BCUT2D eigenvalue weighted by atomic mass is 10.2. The number of unbranched alkanes of at least 4 members (excludes halogenated alkanes) is 2. The summed E-state index contributed by atoms with van der Waals surface area (Å²) in [5.41, 5.74) is 0. The molecule has 1 aliphatic heterocycles. The van der Waals surface area contributed by atoms with Crippen molar-refractivity contribution in [1.82, 2.24) is 10.2 Å². The van der Waals surface area contributed by atoms with Crippen molar-refractivity contribution in [1.29, 1.82) is 0 Å². The monoisotopic (exact) mass is 228 g/mol. The van der Waals surface area contributed by atoms with Gasteiger partial charge in [-0.05, 0) is 38.4 Å². The number of rotatable bonds is 8. The van der Waals surface area contributed by atoms with E-state index in [9.17, 15) is 0 Å². The topological polar surface area (TPSA) is 24.5 Å². The van der Waals surface area contributed by atoms with Gasteiger partial charge in [-0.15, -0.1) is 0 Å². The van der Waals surface area contributed by atoms with Crippen LogP contribution >= 0.6 is 0 Å². The van der Waals surface area contributed by atoms with Crippen molar-refractivity contribution in [3.05, 3.63) is 0 Å². The quantitative estimate of drug-likeness (QED) is 0.640. The first-order valence-electron chi connectivity index (χ1n) is 6.80. The van der Waals surface area contributed by atoms with Gasteiger partial charge in [-0.1, -0.05) is 20.3 Å². The summed E-state index contributed by atoms with van der Waals surface area (Å²) in [6.45, 7) is 12.2. The van der Waals surface area contributed by atoms with Crippen LogP contribution in [0.3, 0.4) is 0 Å². The molecule has 3 nitrogen and oxygen atoms in total. The first kappa shape index (κ1) is 13.9. The van der Waals surface area contributed by atoms with E-state index in [1.54, 1.807) is 0 Å². The highest BCUT2D eigenvalue weighted by atomic mass is 16.5. The molecule has 3 heteroatoms. The van der Waals surface area contributed by atoms with E-state index in [1.165, 1.54) is 32.4 Å². The molecule has 0 atom stereocenters. The Morgan fingerprint density at radius 1 is 1.12 bits per heavy atom. The smallest absolute Gasteiger partial charge is 0.0594 e. The van der Waals surface area contributed by atoms with Gasteiger partial charge in [0.05, 0.1) is 13.2 Å². The van der Waals surface area contributed by atoms with Gasteiger partial charge in [-0.25, -0.2) is 0 Å². The summed E-state index contributed by atoms with van der Waals surface area (Å²) in [4.78, 5) is 2.52. The SMILES string of the molecule is CC(C)CNCCCCCN1CCOCC1. The van der Waals surface area contributed by atoms with Crippen LogP contribution in [0.25, 0.3) is 0 Å². The molecule has 0 aliphatic carbocycles.